The number of hydrogen-bond donors (Lipinski definition) is 1. The van der Waals surface area contributed by atoms with E-state index in [0.717, 1.165) is 68.8 Å². The highest BCUT2D eigenvalue weighted by atomic mass is 32.1. The second-order valence-electron chi connectivity index (χ2n) is 6.61. The molecule has 0 bridgehead atoms. The van der Waals surface area contributed by atoms with Gasteiger partial charge in [0.25, 0.3) is 0 Å². The number of urea groups is 1. The highest BCUT2D eigenvalue weighted by molar-refractivity contribution is 7.00. The summed E-state index contributed by atoms with van der Waals surface area (Å²) in [6.45, 7) is 5.74. The molecule has 0 aliphatic carbocycles. The van der Waals surface area contributed by atoms with E-state index in [4.69, 9.17) is 4.74 Å². The van der Waals surface area contributed by atoms with Crippen molar-refractivity contribution in [1.82, 2.24) is 23.9 Å². The first-order chi connectivity index (χ1) is 12.3. The van der Waals surface area contributed by atoms with E-state index in [1.165, 1.54) is 11.7 Å². The van der Waals surface area contributed by atoms with Gasteiger partial charge in [-0.25, -0.2) is 4.79 Å². The maximum Gasteiger partial charge on any atom is 0.317 e. The number of carbonyl (C=O) groups excluding carboxylic acids is 1. The van der Waals surface area contributed by atoms with Gasteiger partial charge in [-0.1, -0.05) is 6.07 Å². The summed E-state index contributed by atoms with van der Waals surface area (Å²) in [6, 6.07) is 6.57. The molecule has 1 aromatic heterocycles. The van der Waals surface area contributed by atoms with Crippen LogP contribution in [0.15, 0.2) is 18.2 Å². The zero-order valence-electron chi connectivity index (χ0n) is 14.2. The number of amides is 2. The molecule has 1 N–H and O–H groups in total. The molecule has 0 saturated carbocycles. The van der Waals surface area contributed by atoms with Gasteiger partial charge in [0.05, 0.1) is 11.7 Å². The van der Waals surface area contributed by atoms with Crippen molar-refractivity contribution < 1.29 is 9.53 Å². The minimum atomic E-state index is 0.0168. The number of ether oxygens (including phenoxy) is 1. The van der Waals surface area contributed by atoms with Crippen LogP contribution in [0.5, 0.6) is 0 Å². The van der Waals surface area contributed by atoms with Gasteiger partial charge in [-0.2, -0.15) is 8.75 Å². The largest absolute Gasteiger partial charge is 0.381 e. The van der Waals surface area contributed by atoms with Crippen molar-refractivity contribution in [1.29, 1.82) is 0 Å². The number of nitrogens with zero attached hydrogens (tertiary/aromatic N) is 4. The van der Waals surface area contributed by atoms with E-state index in [-0.39, 0.29) is 6.03 Å². The second kappa shape index (κ2) is 7.63. The fraction of sp³-hybridized carbons (Fsp3) is 0.588. The Morgan fingerprint density at radius 3 is 2.72 bits per heavy atom. The lowest BCUT2D eigenvalue weighted by Crippen LogP contribution is -2.54. The first-order valence-electron chi connectivity index (χ1n) is 8.85. The predicted molar refractivity (Wildman–Crippen MR) is 96.6 cm³/mol. The predicted octanol–water partition coefficient (Wildman–Crippen LogP) is 1.70. The zero-order valence-corrected chi connectivity index (χ0v) is 15.0. The Bertz CT molecular complexity index is 723. The molecule has 134 valence electrons. The van der Waals surface area contributed by atoms with E-state index >= 15 is 0 Å². The van der Waals surface area contributed by atoms with Crippen LogP contribution in [0.3, 0.4) is 0 Å². The van der Waals surface area contributed by atoms with Crippen LogP contribution in [0, 0.1) is 0 Å². The maximum atomic E-state index is 12.4. The highest BCUT2D eigenvalue weighted by Gasteiger charge is 2.27. The lowest BCUT2D eigenvalue weighted by atomic mass is 10.1. The second-order valence-corrected chi connectivity index (χ2v) is 7.14. The van der Waals surface area contributed by atoms with Crippen LogP contribution in [0.1, 0.15) is 18.4 Å². The number of rotatable bonds is 3. The van der Waals surface area contributed by atoms with Gasteiger partial charge in [-0.15, -0.1) is 0 Å². The summed E-state index contributed by atoms with van der Waals surface area (Å²) >= 11 is 1.21. The zero-order chi connectivity index (χ0) is 17.1. The van der Waals surface area contributed by atoms with Crippen molar-refractivity contribution in [2.45, 2.75) is 25.4 Å². The van der Waals surface area contributed by atoms with Crippen molar-refractivity contribution in [3.63, 3.8) is 0 Å². The number of hydrogen-bond acceptors (Lipinski definition) is 6. The van der Waals surface area contributed by atoms with Crippen molar-refractivity contribution in [3.05, 3.63) is 23.8 Å². The van der Waals surface area contributed by atoms with E-state index in [1.54, 1.807) is 0 Å². The molecule has 2 aliphatic heterocycles. The highest BCUT2D eigenvalue weighted by Crippen LogP contribution is 2.17. The molecule has 3 heterocycles. The molecular weight excluding hydrogens is 338 g/mol. The third-order valence-corrected chi connectivity index (χ3v) is 5.63. The summed E-state index contributed by atoms with van der Waals surface area (Å²) in [6.07, 6.45) is 2.22. The summed E-state index contributed by atoms with van der Waals surface area (Å²) in [5.41, 5.74) is 2.85. The Kier molecular flexibility index (Phi) is 5.09. The molecule has 2 saturated heterocycles. The van der Waals surface area contributed by atoms with Gasteiger partial charge in [-0.05, 0) is 30.5 Å². The Morgan fingerprint density at radius 1 is 1.16 bits per heavy atom. The molecule has 1 aromatic carbocycles. The number of carbonyl (C=O) groups is 1. The maximum absolute atomic E-state index is 12.4. The first kappa shape index (κ1) is 16.7. The Balaban J connectivity index is 1.25. The average Bonchev–Trinajstić information content (AvgIpc) is 3.15. The molecule has 25 heavy (non-hydrogen) atoms. The molecular formula is C17H23N5O2S. The minimum Gasteiger partial charge on any atom is -0.381 e. The minimum absolute atomic E-state index is 0.0168. The van der Waals surface area contributed by atoms with Crippen molar-refractivity contribution in [3.8, 4) is 0 Å². The average molecular weight is 361 g/mol. The van der Waals surface area contributed by atoms with Crippen LogP contribution in [0.4, 0.5) is 4.79 Å². The van der Waals surface area contributed by atoms with Crippen LogP contribution >= 0.6 is 11.7 Å². The fourth-order valence-corrected chi connectivity index (χ4v) is 4.08. The summed E-state index contributed by atoms with van der Waals surface area (Å²) in [5.74, 6) is 0. The van der Waals surface area contributed by atoms with Gasteiger partial charge in [-0.3, -0.25) is 4.90 Å². The lowest BCUT2D eigenvalue weighted by Gasteiger charge is -2.40. The van der Waals surface area contributed by atoms with Crippen molar-refractivity contribution >= 4 is 28.8 Å². The van der Waals surface area contributed by atoms with Crippen LogP contribution in [0.2, 0.25) is 0 Å². The van der Waals surface area contributed by atoms with Crippen LogP contribution in [-0.2, 0) is 11.3 Å². The third-order valence-electron chi connectivity index (χ3n) is 5.07. The molecule has 0 atom stereocenters. The lowest BCUT2D eigenvalue weighted by molar-refractivity contribution is 0.0187. The Morgan fingerprint density at radius 2 is 1.92 bits per heavy atom. The van der Waals surface area contributed by atoms with Crippen LogP contribution in [-0.4, -0.2) is 70.0 Å². The van der Waals surface area contributed by atoms with Gasteiger partial charge in [0.2, 0.25) is 0 Å². The smallest absolute Gasteiger partial charge is 0.317 e. The first-order valence-corrected chi connectivity index (χ1v) is 9.58. The summed E-state index contributed by atoms with van der Waals surface area (Å²) < 4.78 is 13.9. The Hall–Kier alpha value is -1.77. The Labute approximate surface area is 151 Å². The molecule has 2 aliphatic rings. The summed E-state index contributed by atoms with van der Waals surface area (Å²) in [5, 5.41) is 3.02. The fourth-order valence-electron chi connectivity index (χ4n) is 3.57. The van der Waals surface area contributed by atoms with Crippen LogP contribution in [0.25, 0.3) is 11.0 Å². The van der Waals surface area contributed by atoms with Crippen LogP contribution < -0.4 is 5.32 Å². The molecule has 0 radical (unpaired) electrons. The van der Waals surface area contributed by atoms with Gasteiger partial charge in [0, 0.05) is 52.0 Å². The van der Waals surface area contributed by atoms with E-state index in [9.17, 15) is 4.79 Å². The van der Waals surface area contributed by atoms with E-state index in [1.807, 2.05) is 23.1 Å². The van der Waals surface area contributed by atoms with Crippen molar-refractivity contribution in [2.24, 2.45) is 0 Å². The normalized spacial score (nSPS) is 20.1. The van der Waals surface area contributed by atoms with Gasteiger partial charge in [0.15, 0.2) is 0 Å². The number of benzene rings is 1. The molecule has 7 nitrogen and oxygen atoms in total. The van der Waals surface area contributed by atoms with E-state index in [0.29, 0.717) is 12.6 Å². The number of nitrogens with one attached hydrogen (secondary N) is 1. The molecule has 0 spiro atoms. The van der Waals surface area contributed by atoms with Gasteiger partial charge in [0.1, 0.15) is 11.0 Å². The van der Waals surface area contributed by atoms with Crippen molar-refractivity contribution in [2.75, 3.05) is 39.4 Å². The molecule has 2 fully saturated rings. The molecule has 2 amide bonds. The van der Waals surface area contributed by atoms with Gasteiger partial charge >= 0.3 is 6.03 Å². The molecule has 2 aromatic rings. The van der Waals surface area contributed by atoms with E-state index < -0.39 is 0 Å². The molecule has 4 rings (SSSR count). The summed E-state index contributed by atoms with van der Waals surface area (Å²) in [7, 11) is 0. The molecule has 8 heteroatoms. The summed E-state index contributed by atoms with van der Waals surface area (Å²) in [4.78, 5) is 16.8. The standard InChI is InChI=1S/C17H23N5O2S/c23-17(18-12-13-1-2-15-16(11-13)20-25-19-15)22-7-5-21(6-8-22)14-3-9-24-10-4-14/h1-2,11,14H,3-10,12H2,(H,18,23). The molecule has 0 unspecified atom stereocenters. The van der Waals surface area contributed by atoms with Gasteiger partial charge < -0.3 is 15.0 Å². The SMILES string of the molecule is O=C(NCc1ccc2nsnc2c1)N1CCN(C2CCOCC2)CC1. The number of fused-ring (bicyclic) bond motifs is 1. The number of aromatic nitrogens is 2. The third kappa shape index (κ3) is 3.91. The number of piperazine rings is 1. The van der Waals surface area contributed by atoms with E-state index in [2.05, 4.69) is 19.0 Å². The monoisotopic (exact) mass is 361 g/mol. The quantitative estimate of drug-likeness (QED) is 0.901. The topological polar surface area (TPSA) is 70.6 Å².